The van der Waals surface area contributed by atoms with Gasteiger partial charge in [0.25, 0.3) is 0 Å². The third-order valence-corrected chi connectivity index (χ3v) is 2.98. The van der Waals surface area contributed by atoms with Gasteiger partial charge in [-0.3, -0.25) is 9.59 Å². The zero-order valence-electron chi connectivity index (χ0n) is 13.9. The van der Waals surface area contributed by atoms with Crippen molar-refractivity contribution in [1.29, 1.82) is 0 Å². The lowest BCUT2D eigenvalue weighted by Crippen LogP contribution is -2.42. The Hall–Kier alpha value is -1.84. The highest BCUT2D eigenvalue weighted by Gasteiger charge is 2.17. The van der Waals surface area contributed by atoms with E-state index in [1.165, 1.54) is 6.92 Å². The van der Waals surface area contributed by atoms with E-state index < -0.39 is 0 Å². The molecule has 0 radical (unpaired) electrons. The zero-order chi connectivity index (χ0) is 16.2. The molecule has 0 bridgehead atoms. The molecule has 1 rings (SSSR count). The van der Waals surface area contributed by atoms with Gasteiger partial charge in [-0.25, -0.2) is 0 Å². The van der Waals surface area contributed by atoms with Crippen LogP contribution in [0.3, 0.4) is 0 Å². The van der Waals surface area contributed by atoms with Gasteiger partial charge in [-0.2, -0.15) is 0 Å². The number of hydrogen-bond donors (Lipinski definition) is 1. The first kappa shape index (κ1) is 17.2. The molecule has 2 amide bonds. The van der Waals surface area contributed by atoms with Gasteiger partial charge in [0.15, 0.2) is 0 Å². The minimum atomic E-state index is -0.252. The minimum absolute atomic E-state index is 0.0434. The first-order valence-electron chi connectivity index (χ1n) is 7.26. The molecular weight excluding hydrogens is 264 g/mol. The van der Waals surface area contributed by atoms with Crippen molar-refractivity contribution in [3.63, 3.8) is 0 Å². The number of carbonyl (C=O) groups is 2. The number of rotatable bonds is 4. The van der Waals surface area contributed by atoms with E-state index in [-0.39, 0.29) is 17.4 Å². The molecule has 0 saturated carbocycles. The van der Waals surface area contributed by atoms with Gasteiger partial charge in [0.05, 0.1) is 0 Å². The maximum absolute atomic E-state index is 11.9. The molecule has 0 saturated heterocycles. The fraction of sp³-hybridized carbons (Fsp3) is 0.529. The smallest absolute Gasteiger partial charge is 0.223 e. The second-order valence-electron chi connectivity index (χ2n) is 6.56. The number of benzene rings is 1. The van der Waals surface area contributed by atoms with Crippen LogP contribution in [-0.4, -0.2) is 23.9 Å². The summed E-state index contributed by atoms with van der Waals surface area (Å²) in [4.78, 5) is 25.4. The number of nitrogens with one attached hydrogen (secondary N) is 1. The Morgan fingerprint density at radius 2 is 1.62 bits per heavy atom. The second-order valence-corrected chi connectivity index (χ2v) is 6.56. The molecule has 1 aromatic carbocycles. The molecule has 1 N–H and O–H groups in total. The molecular formula is C17H26N2O2. The third kappa shape index (κ3) is 5.98. The topological polar surface area (TPSA) is 49.4 Å². The molecule has 0 heterocycles. The first-order chi connectivity index (χ1) is 9.58. The van der Waals surface area contributed by atoms with E-state index in [4.69, 9.17) is 0 Å². The van der Waals surface area contributed by atoms with Gasteiger partial charge in [0, 0.05) is 31.1 Å². The highest BCUT2D eigenvalue weighted by Crippen LogP contribution is 2.19. The number of aryl methyl sites for hydroxylation is 2. The van der Waals surface area contributed by atoms with Gasteiger partial charge < -0.3 is 10.2 Å². The van der Waals surface area contributed by atoms with Crippen molar-refractivity contribution in [2.45, 2.75) is 53.5 Å². The molecule has 4 nitrogen and oxygen atoms in total. The van der Waals surface area contributed by atoms with Gasteiger partial charge in [-0.1, -0.05) is 6.07 Å². The Balaban J connectivity index is 2.79. The molecule has 0 aliphatic heterocycles. The third-order valence-electron chi connectivity index (χ3n) is 2.98. The molecule has 0 aromatic heterocycles. The summed E-state index contributed by atoms with van der Waals surface area (Å²) in [5.74, 6) is -0.0957. The predicted molar refractivity (Wildman–Crippen MR) is 86.5 cm³/mol. The average Bonchev–Trinajstić information content (AvgIpc) is 2.24. The van der Waals surface area contributed by atoms with Crippen LogP contribution in [0, 0.1) is 13.8 Å². The maximum Gasteiger partial charge on any atom is 0.223 e. The lowest BCUT2D eigenvalue weighted by atomic mass is 10.1. The quantitative estimate of drug-likeness (QED) is 0.927. The molecule has 4 heteroatoms. The molecule has 0 aliphatic carbocycles. The molecule has 0 aliphatic rings. The van der Waals surface area contributed by atoms with Crippen LogP contribution in [0.1, 0.15) is 45.2 Å². The van der Waals surface area contributed by atoms with Crippen molar-refractivity contribution in [1.82, 2.24) is 5.32 Å². The predicted octanol–water partition coefficient (Wildman–Crippen LogP) is 2.96. The highest BCUT2D eigenvalue weighted by atomic mass is 16.2. The van der Waals surface area contributed by atoms with Crippen molar-refractivity contribution >= 4 is 17.5 Å². The van der Waals surface area contributed by atoms with E-state index in [2.05, 4.69) is 11.4 Å². The van der Waals surface area contributed by atoms with Crippen LogP contribution in [0.2, 0.25) is 0 Å². The summed E-state index contributed by atoms with van der Waals surface area (Å²) < 4.78 is 0. The summed E-state index contributed by atoms with van der Waals surface area (Å²) in [6.45, 7) is 11.7. The lowest BCUT2D eigenvalue weighted by molar-refractivity contribution is -0.122. The minimum Gasteiger partial charge on any atom is -0.351 e. The Bertz CT molecular complexity index is 510. The highest BCUT2D eigenvalue weighted by molar-refractivity contribution is 5.92. The summed E-state index contributed by atoms with van der Waals surface area (Å²) in [5.41, 5.74) is 2.81. The number of amides is 2. The number of hydrogen-bond acceptors (Lipinski definition) is 2. The average molecular weight is 290 g/mol. The maximum atomic E-state index is 11.9. The summed E-state index contributed by atoms with van der Waals surface area (Å²) in [6.07, 6.45) is 0.295. The lowest BCUT2D eigenvalue weighted by Gasteiger charge is -2.24. The van der Waals surface area contributed by atoms with Crippen molar-refractivity contribution in [3.05, 3.63) is 29.3 Å². The van der Waals surface area contributed by atoms with Gasteiger partial charge in [-0.05, 0) is 57.9 Å². The zero-order valence-corrected chi connectivity index (χ0v) is 13.9. The van der Waals surface area contributed by atoms with Crippen LogP contribution < -0.4 is 10.2 Å². The largest absolute Gasteiger partial charge is 0.351 e. The fourth-order valence-electron chi connectivity index (χ4n) is 2.27. The molecule has 21 heavy (non-hydrogen) atoms. The molecule has 0 unspecified atom stereocenters. The SMILES string of the molecule is CC(=O)N(CCC(=O)NC(C)(C)C)c1cc(C)cc(C)c1. The Morgan fingerprint density at radius 1 is 1.10 bits per heavy atom. The van der Waals surface area contributed by atoms with Crippen LogP contribution in [0.25, 0.3) is 0 Å². The fourth-order valence-corrected chi connectivity index (χ4v) is 2.27. The van der Waals surface area contributed by atoms with E-state index in [0.29, 0.717) is 13.0 Å². The summed E-state index contributed by atoms with van der Waals surface area (Å²) in [5, 5.41) is 2.91. The monoisotopic (exact) mass is 290 g/mol. The van der Waals surface area contributed by atoms with Crippen LogP contribution in [0.15, 0.2) is 18.2 Å². The standard InChI is InChI=1S/C17H26N2O2/c1-12-9-13(2)11-15(10-12)19(14(3)20)8-7-16(21)18-17(4,5)6/h9-11H,7-8H2,1-6H3,(H,18,21). The Labute approximate surface area is 127 Å². The van der Waals surface area contributed by atoms with Crippen LogP contribution >= 0.6 is 0 Å². The van der Waals surface area contributed by atoms with Crippen LogP contribution in [0.5, 0.6) is 0 Å². The van der Waals surface area contributed by atoms with Gasteiger partial charge in [-0.15, -0.1) is 0 Å². The van der Waals surface area contributed by atoms with Crippen molar-refractivity contribution in [2.24, 2.45) is 0 Å². The number of anilines is 1. The van der Waals surface area contributed by atoms with Crippen molar-refractivity contribution in [3.8, 4) is 0 Å². The molecule has 116 valence electrons. The van der Waals surface area contributed by atoms with Gasteiger partial charge >= 0.3 is 0 Å². The van der Waals surface area contributed by atoms with Crippen molar-refractivity contribution in [2.75, 3.05) is 11.4 Å². The van der Waals surface area contributed by atoms with Crippen LogP contribution in [0.4, 0.5) is 5.69 Å². The summed E-state index contributed by atoms with van der Waals surface area (Å²) in [6, 6.07) is 6.00. The van der Waals surface area contributed by atoms with Crippen molar-refractivity contribution < 1.29 is 9.59 Å². The van der Waals surface area contributed by atoms with Gasteiger partial charge in [0.2, 0.25) is 11.8 Å². The van der Waals surface area contributed by atoms with E-state index in [9.17, 15) is 9.59 Å². The number of carbonyl (C=O) groups excluding carboxylic acids is 2. The summed E-state index contributed by atoms with van der Waals surface area (Å²) in [7, 11) is 0. The van der Waals surface area contributed by atoms with E-state index in [1.807, 2.05) is 46.8 Å². The molecule has 0 atom stereocenters. The van der Waals surface area contributed by atoms with E-state index >= 15 is 0 Å². The molecule has 0 fully saturated rings. The van der Waals surface area contributed by atoms with Gasteiger partial charge in [0.1, 0.15) is 0 Å². The van der Waals surface area contributed by atoms with E-state index in [1.54, 1.807) is 4.90 Å². The first-order valence-corrected chi connectivity index (χ1v) is 7.26. The molecule has 1 aromatic rings. The molecule has 0 spiro atoms. The Kier molecular flexibility index (Phi) is 5.53. The normalized spacial score (nSPS) is 11.1. The van der Waals surface area contributed by atoms with E-state index in [0.717, 1.165) is 16.8 Å². The second kappa shape index (κ2) is 6.74. The Morgan fingerprint density at radius 3 is 2.05 bits per heavy atom. The summed E-state index contributed by atoms with van der Waals surface area (Å²) >= 11 is 0. The number of nitrogens with zero attached hydrogens (tertiary/aromatic N) is 1. The van der Waals surface area contributed by atoms with Crippen LogP contribution in [-0.2, 0) is 9.59 Å².